The Bertz CT molecular complexity index is 1010. The highest BCUT2D eigenvalue weighted by molar-refractivity contribution is 6.11. The first-order valence-electron chi connectivity index (χ1n) is 10.3. The van der Waals surface area contributed by atoms with E-state index >= 15 is 0 Å². The van der Waals surface area contributed by atoms with Crippen molar-refractivity contribution < 1.29 is 10.1 Å². The maximum atomic E-state index is 6.46. The number of ether oxygens (including phenoxy) is 1. The second kappa shape index (κ2) is 8.52. The van der Waals surface area contributed by atoms with E-state index in [-0.39, 0.29) is 6.10 Å². The molecule has 3 heterocycles. The fourth-order valence-electron chi connectivity index (χ4n) is 3.78. The van der Waals surface area contributed by atoms with Crippen LogP contribution in [-0.2, 0) is 0 Å². The molecule has 0 radical (unpaired) electrons. The van der Waals surface area contributed by atoms with Crippen molar-refractivity contribution >= 4 is 17.2 Å². The van der Waals surface area contributed by atoms with Crippen LogP contribution in [0.2, 0.25) is 0 Å². The van der Waals surface area contributed by atoms with Crippen LogP contribution in [-0.4, -0.2) is 44.7 Å². The Balaban J connectivity index is 1.50. The highest BCUT2D eigenvalue weighted by Crippen LogP contribution is 2.26. The average Bonchev–Trinajstić information content (AvgIpc) is 3.29. The first-order chi connectivity index (χ1) is 14.5. The van der Waals surface area contributed by atoms with Crippen LogP contribution in [0.3, 0.4) is 0 Å². The fraction of sp³-hybridized carbons (Fsp3) is 0.364. The van der Waals surface area contributed by atoms with Gasteiger partial charge in [0, 0.05) is 37.2 Å². The molecule has 4 N–H and O–H groups in total. The summed E-state index contributed by atoms with van der Waals surface area (Å²) >= 11 is 0. The van der Waals surface area contributed by atoms with E-state index in [9.17, 15) is 0 Å². The third-order valence-electron chi connectivity index (χ3n) is 5.30. The van der Waals surface area contributed by atoms with E-state index in [4.69, 9.17) is 15.9 Å². The number of anilines is 2. The molecule has 0 unspecified atom stereocenters. The predicted molar refractivity (Wildman–Crippen MR) is 116 cm³/mol. The zero-order chi connectivity index (χ0) is 21.1. The number of nitrogen functional groups attached to an aromatic ring is 1. The van der Waals surface area contributed by atoms with E-state index in [1.807, 2.05) is 61.3 Å². The molecule has 8 nitrogen and oxygen atoms in total. The largest absolute Gasteiger partial charge is 0.491 e. The summed E-state index contributed by atoms with van der Waals surface area (Å²) < 4.78 is 7.83. The maximum Gasteiger partial charge on any atom is 0.232 e. The Labute approximate surface area is 176 Å². The fourth-order valence-corrected chi connectivity index (χ4v) is 3.78. The van der Waals surface area contributed by atoms with Gasteiger partial charge in [-0.25, -0.2) is 9.97 Å². The van der Waals surface area contributed by atoms with Gasteiger partial charge < -0.3 is 15.4 Å². The molecule has 1 aromatic carbocycles. The van der Waals surface area contributed by atoms with Crippen LogP contribution in [0, 0.1) is 0 Å². The summed E-state index contributed by atoms with van der Waals surface area (Å²) in [5.74, 6) is 1.60. The summed E-state index contributed by atoms with van der Waals surface area (Å²) in [6, 6.07) is 9.84. The van der Waals surface area contributed by atoms with E-state index in [0.29, 0.717) is 23.1 Å². The zero-order valence-corrected chi connectivity index (χ0v) is 17.4. The van der Waals surface area contributed by atoms with E-state index in [1.165, 1.54) is 0 Å². The third kappa shape index (κ3) is 4.27. The smallest absolute Gasteiger partial charge is 0.232 e. The molecule has 1 saturated heterocycles. The highest BCUT2D eigenvalue weighted by Gasteiger charge is 2.23. The first-order valence-corrected chi connectivity index (χ1v) is 10.3. The van der Waals surface area contributed by atoms with Crippen LogP contribution < -0.4 is 20.8 Å². The summed E-state index contributed by atoms with van der Waals surface area (Å²) in [5.41, 5.74) is 8.65. The molecule has 1 aliphatic rings. The van der Waals surface area contributed by atoms with E-state index < -0.39 is 0 Å². The molecular formula is C22H28N7O+. The second-order valence-electron chi connectivity index (χ2n) is 7.80. The van der Waals surface area contributed by atoms with Crippen molar-refractivity contribution in [2.75, 3.05) is 23.7 Å². The Kier molecular flexibility index (Phi) is 5.65. The van der Waals surface area contributed by atoms with Crippen LogP contribution in [0.1, 0.15) is 44.0 Å². The molecule has 0 spiro atoms. The topological polar surface area (TPSA) is 108 Å². The Hall–Kier alpha value is -3.42. The Morgan fingerprint density at radius 3 is 2.70 bits per heavy atom. The van der Waals surface area contributed by atoms with Crippen molar-refractivity contribution in [1.29, 1.82) is 0 Å². The van der Waals surface area contributed by atoms with Crippen molar-refractivity contribution in [1.82, 2.24) is 19.7 Å². The Morgan fingerprint density at radius 2 is 2.00 bits per heavy atom. The molecular weight excluding hydrogens is 378 g/mol. The minimum Gasteiger partial charge on any atom is -0.491 e. The molecule has 4 rings (SSSR count). The molecule has 1 fully saturated rings. The van der Waals surface area contributed by atoms with Gasteiger partial charge in [0.1, 0.15) is 23.6 Å². The molecule has 0 bridgehead atoms. The molecule has 156 valence electrons. The standard InChI is InChI=1S/C22H27N7O/c1-15(2)30-17-4-5-19(23)18(12-17)22(24)20-13-21(26-14-25-20)28-10-6-16(7-11-28)29-9-3-8-27-29/h3-5,8-9,12-16,24H,6-7,10-11,23H2,1-2H3/p+1. The predicted octanol–water partition coefficient (Wildman–Crippen LogP) is 1.48. The Morgan fingerprint density at radius 1 is 1.20 bits per heavy atom. The average molecular weight is 407 g/mol. The van der Waals surface area contributed by atoms with E-state index in [2.05, 4.69) is 20.0 Å². The van der Waals surface area contributed by atoms with Crippen molar-refractivity contribution in [3.63, 3.8) is 0 Å². The van der Waals surface area contributed by atoms with Gasteiger partial charge in [-0.2, -0.15) is 5.10 Å². The van der Waals surface area contributed by atoms with Gasteiger partial charge in [-0.1, -0.05) is 0 Å². The lowest BCUT2D eigenvalue weighted by Gasteiger charge is -2.32. The van der Waals surface area contributed by atoms with Gasteiger partial charge >= 0.3 is 0 Å². The van der Waals surface area contributed by atoms with Crippen molar-refractivity contribution in [3.8, 4) is 5.75 Å². The van der Waals surface area contributed by atoms with Gasteiger partial charge in [0.2, 0.25) is 5.71 Å². The summed E-state index contributed by atoms with van der Waals surface area (Å²) in [6.45, 7) is 5.77. The van der Waals surface area contributed by atoms with Crippen molar-refractivity contribution in [3.05, 3.63) is 60.3 Å². The molecule has 0 atom stereocenters. The number of aromatic nitrogens is 4. The van der Waals surface area contributed by atoms with Gasteiger partial charge in [0.15, 0.2) is 0 Å². The summed E-state index contributed by atoms with van der Waals surface area (Å²) in [6.07, 6.45) is 7.51. The first kappa shape index (κ1) is 19.9. The van der Waals surface area contributed by atoms with Crippen LogP contribution in [0.15, 0.2) is 49.1 Å². The quantitative estimate of drug-likeness (QED) is 0.474. The molecule has 30 heavy (non-hydrogen) atoms. The number of piperidine rings is 1. The number of hydrogen-bond donors (Lipinski definition) is 2. The monoisotopic (exact) mass is 406 g/mol. The molecule has 0 amide bonds. The molecule has 8 heteroatoms. The molecule has 0 aliphatic carbocycles. The maximum absolute atomic E-state index is 6.46. The number of rotatable bonds is 6. The van der Waals surface area contributed by atoms with Crippen molar-refractivity contribution in [2.24, 2.45) is 0 Å². The van der Waals surface area contributed by atoms with Gasteiger partial charge in [-0.05, 0) is 51.0 Å². The zero-order valence-electron chi connectivity index (χ0n) is 17.4. The minimum atomic E-state index is 0.0676. The summed E-state index contributed by atoms with van der Waals surface area (Å²) in [5, 5.41) is 10.8. The van der Waals surface area contributed by atoms with Gasteiger partial charge in [0.25, 0.3) is 0 Å². The van der Waals surface area contributed by atoms with E-state index in [0.717, 1.165) is 43.1 Å². The number of nitrogens with zero attached hydrogens (tertiary/aromatic N) is 5. The van der Waals surface area contributed by atoms with Gasteiger partial charge in [-0.3, -0.25) is 10.1 Å². The van der Waals surface area contributed by atoms with Crippen LogP contribution in [0.25, 0.3) is 0 Å². The molecule has 1 aliphatic heterocycles. The lowest BCUT2D eigenvalue weighted by Crippen LogP contribution is -2.42. The molecule has 0 saturated carbocycles. The van der Waals surface area contributed by atoms with Crippen molar-refractivity contribution in [2.45, 2.75) is 38.8 Å². The number of hydrogen-bond acceptors (Lipinski definition) is 6. The second-order valence-corrected chi connectivity index (χ2v) is 7.80. The molecule has 2 aromatic heterocycles. The summed E-state index contributed by atoms with van der Waals surface area (Å²) in [7, 11) is 0. The number of benzene rings is 1. The van der Waals surface area contributed by atoms with Gasteiger partial charge in [-0.15, -0.1) is 0 Å². The number of nitrogens with two attached hydrogens (primary N) is 2. The normalized spacial score (nSPS) is 14.8. The molecule has 3 aromatic rings. The third-order valence-corrected chi connectivity index (χ3v) is 5.30. The lowest BCUT2D eigenvalue weighted by atomic mass is 10.0. The summed E-state index contributed by atoms with van der Waals surface area (Å²) in [4.78, 5) is 11.1. The van der Waals surface area contributed by atoms with Crippen LogP contribution >= 0.6 is 0 Å². The van der Waals surface area contributed by atoms with Crippen LogP contribution in [0.4, 0.5) is 11.5 Å². The van der Waals surface area contributed by atoms with Gasteiger partial charge in [0.05, 0.1) is 17.7 Å². The van der Waals surface area contributed by atoms with Crippen LogP contribution in [0.5, 0.6) is 5.75 Å². The SMILES string of the molecule is CC(C)Oc1ccc(N)c(C(=[NH2+])c2cc(N3CCC(n4cccn4)CC3)ncn2)c1. The van der Waals surface area contributed by atoms with E-state index in [1.54, 1.807) is 6.33 Å². The highest BCUT2D eigenvalue weighted by atomic mass is 16.5. The lowest BCUT2D eigenvalue weighted by molar-refractivity contribution is -0.111. The minimum absolute atomic E-state index is 0.0676.